The standard InChI is InChI=1S/C14H30N2/c1-11(2)13-8-6-7-9-14(13)15-10-12(3)16(4)5/h11-15H,6-10H2,1-5H3. The lowest BCUT2D eigenvalue weighted by Crippen LogP contribution is -2.46. The predicted molar refractivity (Wildman–Crippen MR) is 71.7 cm³/mol. The van der Waals surface area contributed by atoms with Crippen LogP contribution in [0.4, 0.5) is 0 Å². The van der Waals surface area contributed by atoms with E-state index in [1.54, 1.807) is 0 Å². The Bertz CT molecular complexity index is 189. The fraction of sp³-hybridized carbons (Fsp3) is 1.00. The number of nitrogens with one attached hydrogen (secondary N) is 1. The van der Waals surface area contributed by atoms with Gasteiger partial charge in [-0.05, 0) is 45.7 Å². The first-order valence-corrected chi connectivity index (χ1v) is 6.92. The van der Waals surface area contributed by atoms with E-state index >= 15 is 0 Å². The largest absolute Gasteiger partial charge is 0.312 e. The average Bonchev–Trinajstić information content (AvgIpc) is 2.25. The van der Waals surface area contributed by atoms with E-state index in [4.69, 9.17) is 0 Å². The summed E-state index contributed by atoms with van der Waals surface area (Å²) >= 11 is 0. The van der Waals surface area contributed by atoms with Gasteiger partial charge in [-0.3, -0.25) is 0 Å². The van der Waals surface area contributed by atoms with E-state index in [0.29, 0.717) is 6.04 Å². The lowest BCUT2D eigenvalue weighted by Gasteiger charge is -2.36. The van der Waals surface area contributed by atoms with Gasteiger partial charge >= 0.3 is 0 Å². The normalized spacial score (nSPS) is 28.7. The smallest absolute Gasteiger partial charge is 0.0186 e. The van der Waals surface area contributed by atoms with E-state index < -0.39 is 0 Å². The van der Waals surface area contributed by atoms with Crippen molar-refractivity contribution < 1.29 is 0 Å². The van der Waals surface area contributed by atoms with Gasteiger partial charge in [-0.15, -0.1) is 0 Å². The molecule has 0 heterocycles. The summed E-state index contributed by atoms with van der Waals surface area (Å²) in [6.07, 6.45) is 5.65. The lowest BCUT2D eigenvalue weighted by molar-refractivity contribution is 0.191. The van der Waals surface area contributed by atoms with E-state index in [2.05, 4.69) is 45.1 Å². The first kappa shape index (κ1) is 14.0. The van der Waals surface area contributed by atoms with Crippen LogP contribution in [0.3, 0.4) is 0 Å². The fourth-order valence-electron chi connectivity index (χ4n) is 2.72. The second-order valence-corrected chi connectivity index (χ2v) is 6.02. The highest BCUT2D eigenvalue weighted by molar-refractivity contribution is 4.83. The summed E-state index contributed by atoms with van der Waals surface area (Å²) in [7, 11) is 4.32. The second kappa shape index (κ2) is 6.61. The molecule has 2 nitrogen and oxygen atoms in total. The zero-order valence-corrected chi connectivity index (χ0v) is 11.8. The zero-order valence-electron chi connectivity index (χ0n) is 11.8. The number of likely N-dealkylation sites (N-methyl/N-ethyl adjacent to an activating group) is 1. The number of hydrogen-bond donors (Lipinski definition) is 1. The van der Waals surface area contributed by atoms with Gasteiger partial charge in [0.15, 0.2) is 0 Å². The summed E-state index contributed by atoms with van der Waals surface area (Å²) in [5.41, 5.74) is 0. The van der Waals surface area contributed by atoms with Crippen LogP contribution in [0.5, 0.6) is 0 Å². The van der Waals surface area contributed by atoms with Crippen molar-refractivity contribution in [2.45, 2.75) is 58.5 Å². The highest BCUT2D eigenvalue weighted by Crippen LogP contribution is 2.30. The summed E-state index contributed by atoms with van der Waals surface area (Å²) in [5.74, 6) is 1.72. The van der Waals surface area contributed by atoms with Crippen molar-refractivity contribution in [3.63, 3.8) is 0 Å². The Labute approximate surface area is 102 Å². The maximum absolute atomic E-state index is 3.79. The molecule has 1 rings (SSSR count). The average molecular weight is 226 g/mol. The first-order chi connectivity index (χ1) is 7.52. The zero-order chi connectivity index (χ0) is 12.1. The first-order valence-electron chi connectivity index (χ1n) is 6.92. The number of nitrogens with zero attached hydrogens (tertiary/aromatic N) is 1. The minimum atomic E-state index is 0.634. The van der Waals surface area contributed by atoms with Gasteiger partial charge in [0.1, 0.15) is 0 Å². The lowest BCUT2D eigenvalue weighted by atomic mass is 9.78. The van der Waals surface area contributed by atoms with Crippen LogP contribution in [-0.4, -0.2) is 37.6 Å². The molecule has 1 fully saturated rings. The molecule has 2 heteroatoms. The number of rotatable bonds is 5. The maximum Gasteiger partial charge on any atom is 0.0186 e. The minimum absolute atomic E-state index is 0.634. The van der Waals surface area contributed by atoms with Crippen molar-refractivity contribution in [3.8, 4) is 0 Å². The number of hydrogen-bond acceptors (Lipinski definition) is 2. The summed E-state index contributed by atoms with van der Waals surface area (Å²) in [6, 6.07) is 1.39. The molecule has 0 aromatic heterocycles. The van der Waals surface area contributed by atoms with E-state index in [-0.39, 0.29) is 0 Å². The summed E-state index contributed by atoms with van der Waals surface area (Å²) in [4.78, 5) is 2.29. The van der Waals surface area contributed by atoms with Crippen molar-refractivity contribution in [1.29, 1.82) is 0 Å². The van der Waals surface area contributed by atoms with Crippen molar-refractivity contribution in [1.82, 2.24) is 10.2 Å². The summed E-state index contributed by atoms with van der Waals surface area (Å²) in [5, 5.41) is 3.79. The molecule has 3 unspecified atom stereocenters. The molecule has 1 aliphatic rings. The van der Waals surface area contributed by atoms with Crippen LogP contribution in [-0.2, 0) is 0 Å². The van der Waals surface area contributed by atoms with Crippen LogP contribution in [0.2, 0.25) is 0 Å². The van der Waals surface area contributed by atoms with Crippen LogP contribution in [0.15, 0.2) is 0 Å². The third-order valence-corrected chi connectivity index (χ3v) is 4.23. The van der Waals surface area contributed by atoms with E-state index in [1.165, 1.54) is 25.7 Å². The van der Waals surface area contributed by atoms with Crippen molar-refractivity contribution >= 4 is 0 Å². The van der Waals surface area contributed by atoms with Gasteiger partial charge in [0.2, 0.25) is 0 Å². The van der Waals surface area contributed by atoms with Gasteiger partial charge in [0.05, 0.1) is 0 Å². The Kier molecular flexibility index (Phi) is 5.77. The molecule has 0 amide bonds. The molecular formula is C14H30N2. The highest BCUT2D eigenvalue weighted by atomic mass is 15.1. The molecule has 0 aromatic rings. The van der Waals surface area contributed by atoms with Crippen LogP contribution >= 0.6 is 0 Å². The topological polar surface area (TPSA) is 15.3 Å². The molecular weight excluding hydrogens is 196 g/mol. The Balaban J connectivity index is 2.38. The van der Waals surface area contributed by atoms with Crippen LogP contribution < -0.4 is 5.32 Å². The predicted octanol–water partition coefficient (Wildman–Crippen LogP) is 2.74. The Morgan fingerprint density at radius 1 is 1.12 bits per heavy atom. The SMILES string of the molecule is CC(C)C1CCCCC1NCC(C)N(C)C. The van der Waals surface area contributed by atoms with Gasteiger partial charge in [0.25, 0.3) is 0 Å². The molecule has 1 N–H and O–H groups in total. The van der Waals surface area contributed by atoms with Gasteiger partial charge in [-0.2, -0.15) is 0 Å². The van der Waals surface area contributed by atoms with Gasteiger partial charge in [-0.25, -0.2) is 0 Å². The molecule has 3 atom stereocenters. The molecule has 16 heavy (non-hydrogen) atoms. The van der Waals surface area contributed by atoms with E-state index in [1.807, 2.05) is 0 Å². The monoisotopic (exact) mass is 226 g/mol. The summed E-state index contributed by atoms with van der Waals surface area (Å²) in [6.45, 7) is 8.17. The maximum atomic E-state index is 3.79. The Morgan fingerprint density at radius 2 is 1.75 bits per heavy atom. The molecule has 1 aliphatic carbocycles. The Morgan fingerprint density at radius 3 is 2.31 bits per heavy atom. The van der Waals surface area contributed by atoms with Crippen LogP contribution in [0.1, 0.15) is 46.5 Å². The van der Waals surface area contributed by atoms with Crippen LogP contribution in [0, 0.1) is 11.8 Å². The van der Waals surface area contributed by atoms with Crippen molar-refractivity contribution in [2.75, 3.05) is 20.6 Å². The fourth-order valence-corrected chi connectivity index (χ4v) is 2.72. The van der Waals surface area contributed by atoms with Crippen molar-refractivity contribution in [3.05, 3.63) is 0 Å². The molecule has 0 bridgehead atoms. The highest BCUT2D eigenvalue weighted by Gasteiger charge is 2.27. The van der Waals surface area contributed by atoms with Crippen molar-refractivity contribution in [2.24, 2.45) is 11.8 Å². The summed E-state index contributed by atoms with van der Waals surface area (Å²) < 4.78 is 0. The molecule has 0 aliphatic heterocycles. The van der Waals surface area contributed by atoms with Gasteiger partial charge < -0.3 is 10.2 Å². The van der Waals surface area contributed by atoms with E-state index in [0.717, 1.165) is 24.4 Å². The molecule has 0 spiro atoms. The van der Waals surface area contributed by atoms with Gasteiger partial charge in [-0.1, -0.05) is 26.7 Å². The van der Waals surface area contributed by atoms with Gasteiger partial charge in [0, 0.05) is 18.6 Å². The molecule has 0 aromatic carbocycles. The molecule has 0 saturated heterocycles. The van der Waals surface area contributed by atoms with Crippen LogP contribution in [0.25, 0.3) is 0 Å². The quantitative estimate of drug-likeness (QED) is 0.775. The minimum Gasteiger partial charge on any atom is -0.312 e. The second-order valence-electron chi connectivity index (χ2n) is 6.02. The third-order valence-electron chi connectivity index (χ3n) is 4.23. The third kappa shape index (κ3) is 4.06. The Hall–Kier alpha value is -0.0800. The molecule has 1 saturated carbocycles. The molecule has 96 valence electrons. The molecule has 0 radical (unpaired) electrons. The van der Waals surface area contributed by atoms with E-state index in [9.17, 15) is 0 Å².